The predicted molar refractivity (Wildman–Crippen MR) is 89.3 cm³/mol. The highest BCUT2D eigenvalue weighted by Crippen LogP contribution is 2.11. The summed E-state index contributed by atoms with van der Waals surface area (Å²) in [5.41, 5.74) is 0.300. The number of nitrogens with zero attached hydrogens (tertiary/aromatic N) is 1. The second-order valence-electron chi connectivity index (χ2n) is 4.99. The van der Waals surface area contributed by atoms with Crippen LogP contribution in [0.5, 0.6) is 0 Å². The monoisotopic (exact) mass is 329 g/mol. The molecule has 2 N–H and O–H groups in total. The minimum atomic E-state index is -3.37. The molecular formula is C16H15N3O3S. The molecule has 6 nitrogen and oxygen atoms in total. The first-order valence-electron chi connectivity index (χ1n) is 7.07. The van der Waals surface area contributed by atoms with Crippen molar-refractivity contribution in [1.29, 1.82) is 0 Å². The average molecular weight is 329 g/mol. The molecule has 0 amide bonds. The Morgan fingerprint density at radius 2 is 1.70 bits per heavy atom. The highest BCUT2D eigenvalue weighted by atomic mass is 32.2. The maximum Gasteiger partial charge on any atom is 0.260 e. The van der Waals surface area contributed by atoms with Crippen LogP contribution in [0.25, 0.3) is 10.9 Å². The summed E-state index contributed by atoms with van der Waals surface area (Å²) < 4.78 is 24.3. The molecule has 23 heavy (non-hydrogen) atoms. The smallest absolute Gasteiger partial charge is 0.260 e. The first-order chi connectivity index (χ1) is 11.1. The molecule has 0 bridgehead atoms. The van der Waals surface area contributed by atoms with Gasteiger partial charge in [0.25, 0.3) is 5.56 Å². The lowest BCUT2D eigenvalue weighted by Crippen LogP contribution is -2.19. The number of hydrogen-bond acceptors (Lipinski definition) is 5. The number of rotatable bonds is 5. The van der Waals surface area contributed by atoms with Crippen LogP contribution in [0, 0.1) is 0 Å². The molecule has 7 heteroatoms. The molecule has 0 atom stereocenters. The van der Waals surface area contributed by atoms with Gasteiger partial charge in [-0.25, -0.2) is 13.4 Å². The van der Waals surface area contributed by atoms with E-state index in [9.17, 15) is 13.2 Å². The second kappa shape index (κ2) is 6.21. The molecule has 118 valence electrons. The van der Waals surface area contributed by atoms with E-state index in [0.29, 0.717) is 10.9 Å². The zero-order valence-corrected chi connectivity index (χ0v) is 13.0. The van der Waals surface area contributed by atoms with E-state index in [1.54, 1.807) is 54.6 Å². The Labute approximate surface area is 133 Å². The van der Waals surface area contributed by atoms with Gasteiger partial charge in [0.2, 0.25) is 5.95 Å². The van der Waals surface area contributed by atoms with Gasteiger partial charge in [-0.05, 0) is 24.3 Å². The Hall–Kier alpha value is -2.67. The van der Waals surface area contributed by atoms with E-state index in [4.69, 9.17) is 0 Å². The van der Waals surface area contributed by atoms with Crippen LogP contribution in [0.3, 0.4) is 0 Å². The Morgan fingerprint density at radius 1 is 1.00 bits per heavy atom. The van der Waals surface area contributed by atoms with Crippen molar-refractivity contribution in [2.45, 2.75) is 4.90 Å². The van der Waals surface area contributed by atoms with Crippen molar-refractivity contribution in [3.8, 4) is 0 Å². The molecule has 0 unspecified atom stereocenters. The third kappa shape index (κ3) is 3.40. The zero-order valence-electron chi connectivity index (χ0n) is 12.2. The predicted octanol–water partition coefficient (Wildman–Crippen LogP) is 1.81. The normalized spacial score (nSPS) is 11.5. The lowest BCUT2D eigenvalue weighted by molar-refractivity contribution is 0.596. The molecule has 0 aliphatic rings. The number of aromatic amines is 1. The van der Waals surface area contributed by atoms with Crippen molar-refractivity contribution in [1.82, 2.24) is 9.97 Å². The van der Waals surface area contributed by atoms with Crippen LogP contribution >= 0.6 is 0 Å². The summed E-state index contributed by atoms with van der Waals surface area (Å²) in [5, 5.41) is 3.35. The Morgan fingerprint density at radius 3 is 2.48 bits per heavy atom. The summed E-state index contributed by atoms with van der Waals surface area (Å²) in [4.78, 5) is 19.1. The molecule has 0 radical (unpaired) electrons. The summed E-state index contributed by atoms with van der Waals surface area (Å²) in [6.45, 7) is 0.151. The van der Waals surface area contributed by atoms with Gasteiger partial charge in [0.1, 0.15) is 0 Å². The van der Waals surface area contributed by atoms with Crippen molar-refractivity contribution in [3.63, 3.8) is 0 Å². The van der Waals surface area contributed by atoms with E-state index in [0.717, 1.165) is 0 Å². The number of fused-ring (bicyclic) bond motifs is 1. The van der Waals surface area contributed by atoms with Crippen LogP contribution in [0.4, 0.5) is 5.95 Å². The van der Waals surface area contributed by atoms with Crippen LogP contribution in [-0.4, -0.2) is 30.7 Å². The Kier molecular flexibility index (Phi) is 4.12. The van der Waals surface area contributed by atoms with Gasteiger partial charge in [-0.15, -0.1) is 0 Å². The lowest BCUT2D eigenvalue weighted by Gasteiger charge is -2.07. The average Bonchev–Trinajstić information content (AvgIpc) is 2.56. The molecule has 3 aromatic rings. The summed E-state index contributed by atoms with van der Waals surface area (Å²) >= 11 is 0. The van der Waals surface area contributed by atoms with Gasteiger partial charge >= 0.3 is 0 Å². The molecule has 0 fully saturated rings. The van der Waals surface area contributed by atoms with Gasteiger partial charge in [0.15, 0.2) is 9.84 Å². The van der Waals surface area contributed by atoms with E-state index >= 15 is 0 Å². The summed E-state index contributed by atoms with van der Waals surface area (Å²) in [5.74, 6) is 0.171. The number of benzene rings is 2. The summed E-state index contributed by atoms with van der Waals surface area (Å²) in [6, 6.07) is 15.2. The van der Waals surface area contributed by atoms with Gasteiger partial charge in [-0.1, -0.05) is 30.3 Å². The fourth-order valence-electron chi connectivity index (χ4n) is 2.22. The topological polar surface area (TPSA) is 91.9 Å². The third-order valence-electron chi connectivity index (χ3n) is 3.38. The molecule has 1 aromatic heterocycles. The van der Waals surface area contributed by atoms with Crippen LogP contribution in [0.15, 0.2) is 64.3 Å². The number of anilines is 1. The maximum absolute atomic E-state index is 12.2. The van der Waals surface area contributed by atoms with Crippen molar-refractivity contribution in [2.75, 3.05) is 17.6 Å². The van der Waals surface area contributed by atoms with Crippen LogP contribution in [-0.2, 0) is 9.84 Å². The van der Waals surface area contributed by atoms with E-state index in [2.05, 4.69) is 15.3 Å². The minimum Gasteiger partial charge on any atom is -0.355 e. The fourth-order valence-corrected chi connectivity index (χ4v) is 3.40. The van der Waals surface area contributed by atoms with Crippen LogP contribution in [0.2, 0.25) is 0 Å². The highest BCUT2D eigenvalue weighted by Gasteiger charge is 2.13. The zero-order chi connectivity index (χ0) is 16.3. The Bertz CT molecular complexity index is 982. The van der Waals surface area contributed by atoms with Crippen molar-refractivity contribution >= 4 is 26.7 Å². The van der Waals surface area contributed by atoms with Crippen molar-refractivity contribution in [2.24, 2.45) is 0 Å². The molecule has 0 aliphatic heterocycles. The van der Waals surface area contributed by atoms with Crippen LogP contribution in [0.1, 0.15) is 0 Å². The van der Waals surface area contributed by atoms with Gasteiger partial charge < -0.3 is 5.32 Å². The largest absolute Gasteiger partial charge is 0.355 e. The standard InChI is InChI=1S/C16H15N3O3S/c20-15-13-8-4-5-9-14(13)18-16(19-15)17-10-11-23(21,22)12-6-2-1-3-7-12/h1-9H,10-11H2,(H2,17,18,19,20). The summed E-state index contributed by atoms with van der Waals surface area (Å²) in [7, 11) is -3.37. The van der Waals surface area contributed by atoms with E-state index in [1.165, 1.54) is 0 Å². The molecule has 0 spiro atoms. The SMILES string of the molecule is O=c1[nH]c(NCCS(=O)(=O)c2ccccc2)nc2ccccc12. The molecule has 0 saturated heterocycles. The molecule has 0 aliphatic carbocycles. The van der Waals surface area contributed by atoms with E-state index in [-0.39, 0.29) is 28.7 Å². The van der Waals surface area contributed by atoms with E-state index < -0.39 is 9.84 Å². The lowest BCUT2D eigenvalue weighted by atomic mass is 10.2. The number of nitrogens with one attached hydrogen (secondary N) is 2. The first-order valence-corrected chi connectivity index (χ1v) is 8.72. The van der Waals surface area contributed by atoms with Gasteiger partial charge in [0.05, 0.1) is 21.6 Å². The van der Waals surface area contributed by atoms with Gasteiger partial charge in [-0.3, -0.25) is 9.78 Å². The molecule has 3 rings (SSSR count). The van der Waals surface area contributed by atoms with Gasteiger partial charge in [-0.2, -0.15) is 0 Å². The number of H-pyrrole nitrogens is 1. The minimum absolute atomic E-state index is 0.0897. The highest BCUT2D eigenvalue weighted by molar-refractivity contribution is 7.91. The van der Waals surface area contributed by atoms with Gasteiger partial charge in [0, 0.05) is 6.54 Å². The molecule has 0 saturated carbocycles. The van der Waals surface area contributed by atoms with Crippen LogP contribution < -0.4 is 10.9 Å². The number of hydrogen-bond donors (Lipinski definition) is 2. The number of sulfone groups is 1. The van der Waals surface area contributed by atoms with E-state index in [1.807, 2.05) is 0 Å². The molecule has 2 aromatic carbocycles. The Balaban J connectivity index is 1.73. The molecule has 1 heterocycles. The first kappa shape index (κ1) is 15.2. The molecular weight excluding hydrogens is 314 g/mol. The fraction of sp³-hybridized carbons (Fsp3) is 0.125. The summed E-state index contributed by atoms with van der Waals surface area (Å²) in [6.07, 6.45) is 0. The quantitative estimate of drug-likeness (QED) is 0.745. The van der Waals surface area contributed by atoms with Crippen molar-refractivity contribution < 1.29 is 8.42 Å². The number of aromatic nitrogens is 2. The maximum atomic E-state index is 12.2. The number of para-hydroxylation sites is 1. The second-order valence-corrected chi connectivity index (χ2v) is 7.10. The third-order valence-corrected chi connectivity index (χ3v) is 5.11. The van der Waals surface area contributed by atoms with Crippen molar-refractivity contribution in [3.05, 3.63) is 65.0 Å².